The van der Waals surface area contributed by atoms with Crippen LogP contribution in [0.4, 0.5) is 0 Å². The normalized spacial score (nSPS) is 11.4. The summed E-state index contributed by atoms with van der Waals surface area (Å²) in [5, 5.41) is 2.51. The van der Waals surface area contributed by atoms with Gasteiger partial charge in [-0.1, -0.05) is 60.7 Å². The minimum absolute atomic E-state index is 0.200. The van der Waals surface area contributed by atoms with E-state index in [0.717, 1.165) is 11.1 Å². The molecule has 0 radical (unpaired) electrons. The zero-order chi connectivity index (χ0) is 14.9. The number of benzene rings is 2. The van der Waals surface area contributed by atoms with E-state index in [-0.39, 0.29) is 6.61 Å². The van der Waals surface area contributed by atoms with Crippen molar-refractivity contribution in [2.45, 2.75) is 19.1 Å². The maximum atomic E-state index is 12.1. The summed E-state index contributed by atoms with van der Waals surface area (Å²) in [5.74, 6) is -0.435. The molecule has 0 bridgehead atoms. The number of carbonyl (C=O) groups is 2. The average Bonchev–Trinajstić information content (AvgIpc) is 2.54. The Labute approximate surface area is 123 Å². The Morgan fingerprint density at radius 3 is 2.14 bits per heavy atom. The van der Waals surface area contributed by atoms with Gasteiger partial charge in [-0.05, 0) is 11.1 Å². The quantitative estimate of drug-likeness (QED) is 0.625. The highest BCUT2D eigenvalue weighted by Crippen LogP contribution is 2.06. The van der Waals surface area contributed by atoms with E-state index in [1.54, 1.807) is 0 Å². The largest absolute Gasteiger partial charge is 0.459 e. The maximum absolute atomic E-state index is 12.1. The molecule has 0 aliphatic heterocycles. The standard InChI is InChI=1S/C17H17NO3/c19-13-18-16(11-14-7-3-1-4-8-14)17(20)21-12-15-9-5-2-6-10-15/h1-10,13,16H,11-12H2,(H,18,19). The fraction of sp³-hybridized carbons (Fsp3) is 0.176. The fourth-order valence-electron chi connectivity index (χ4n) is 1.97. The third-order valence-electron chi connectivity index (χ3n) is 3.06. The molecule has 2 rings (SSSR count). The molecule has 2 aromatic carbocycles. The highest BCUT2D eigenvalue weighted by atomic mass is 16.5. The third kappa shape index (κ3) is 4.76. The number of esters is 1. The minimum atomic E-state index is -0.673. The Kier molecular flexibility index (Phi) is 5.52. The highest BCUT2D eigenvalue weighted by molar-refractivity contribution is 5.78. The second-order valence-electron chi connectivity index (χ2n) is 4.62. The fourth-order valence-corrected chi connectivity index (χ4v) is 1.97. The maximum Gasteiger partial charge on any atom is 0.329 e. The van der Waals surface area contributed by atoms with Crippen molar-refractivity contribution in [1.82, 2.24) is 5.32 Å². The van der Waals surface area contributed by atoms with Crippen LogP contribution in [0.15, 0.2) is 60.7 Å². The Bertz CT molecular complexity index is 569. The molecule has 2 aromatic rings. The summed E-state index contributed by atoms with van der Waals surface area (Å²) in [5.41, 5.74) is 1.88. The minimum Gasteiger partial charge on any atom is -0.459 e. The average molecular weight is 283 g/mol. The molecule has 1 atom stereocenters. The van der Waals surface area contributed by atoms with Gasteiger partial charge < -0.3 is 10.1 Å². The topological polar surface area (TPSA) is 55.4 Å². The van der Waals surface area contributed by atoms with Gasteiger partial charge in [-0.25, -0.2) is 4.79 Å². The lowest BCUT2D eigenvalue weighted by atomic mass is 10.1. The van der Waals surface area contributed by atoms with Gasteiger partial charge in [-0.15, -0.1) is 0 Å². The van der Waals surface area contributed by atoms with Crippen molar-refractivity contribution >= 4 is 12.4 Å². The second kappa shape index (κ2) is 7.85. The molecule has 0 aliphatic carbocycles. The number of hydrogen-bond donors (Lipinski definition) is 1. The van der Waals surface area contributed by atoms with Gasteiger partial charge in [0.15, 0.2) is 0 Å². The van der Waals surface area contributed by atoms with E-state index in [1.807, 2.05) is 60.7 Å². The Morgan fingerprint density at radius 1 is 1.00 bits per heavy atom. The molecule has 0 aromatic heterocycles. The molecule has 0 aliphatic rings. The number of carbonyl (C=O) groups excluding carboxylic acids is 2. The van der Waals surface area contributed by atoms with Gasteiger partial charge in [0, 0.05) is 6.42 Å². The van der Waals surface area contributed by atoms with E-state index < -0.39 is 12.0 Å². The number of rotatable bonds is 7. The van der Waals surface area contributed by atoms with Crippen molar-refractivity contribution < 1.29 is 14.3 Å². The molecule has 1 amide bonds. The van der Waals surface area contributed by atoms with Crippen molar-refractivity contribution in [3.05, 3.63) is 71.8 Å². The zero-order valence-corrected chi connectivity index (χ0v) is 11.6. The number of nitrogens with one attached hydrogen (secondary N) is 1. The monoisotopic (exact) mass is 283 g/mol. The summed E-state index contributed by atoms with van der Waals surface area (Å²) in [6, 6.07) is 18.3. The van der Waals surface area contributed by atoms with Crippen LogP contribution in [0.25, 0.3) is 0 Å². The van der Waals surface area contributed by atoms with Crippen LogP contribution in [0.5, 0.6) is 0 Å². The zero-order valence-electron chi connectivity index (χ0n) is 11.6. The summed E-state index contributed by atoms with van der Waals surface area (Å²) in [6.07, 6.45) is 0.935. The van der Waals surface area contributed by atoms with Crippen LogP contribution in [0.2, 0.25) is 0 Å². The Balaban J connectivity index is 1.94. The van der Waals surface area contributed by atoms with Gasteiger partial charge in [0.05, 0.1) is 0 Å². The van der Waals surface area contributed by atoms with E-state index >= 15 is 0 Å². The van der Waals surface area contributed by atoms with E-state index in [2.05, 4.69) is 5.32 Å². The predicted octanol–water partition coefficient (Wildman–Crippen LogP) is 2.09. The first-order valence-electron chi connectivity index (χ1n) is 6.74. The molecule has 108 valence electrons. The third-order valence-corrected chi connectivity index (χ3v) is 3.06. The number of ether oxygens (including phenoxy) is 1. The van der Waals surface area contributed by atoms with Crippen LogP contribution >= 0.6 is 0 Å². The van der Waals surface area contributed by atoms with Gasteiger partial charge in [0.1, 0.15) is 12.6 Å². The molecule has 0 spiro atoms. The second-order valence-corrected chi connectivity index (χ2v) is 4.62. The molecule has 0 saturated carbocycles. The lowest BCUT2D eigenvalue weighted by Crippen LogP contribution is -2.39. The van der Waals surface area contributed by atoms with Crippen LogP contribution < -0.4 is 5.32 Å². The highest BCUT2D eigenvalue weighted by Gasteiger charge is 2.19. The molecular weight excluding hydrogens is 266 g/mol. The van der Waals surface area contributed by atoms with Crippen molar-refractivity contribution in [3.63, 3.8) is 0 Å². The van der Waals surface area contributed by atoms with Crippen LogP contribution in [-0.2, 0) is 27.4 Å². The molecule has 0 fully saturated rings. The molecule has 4 nitrogen and oxygen atoms in total. The van der Waals surface area contributed by atoms with Gasteiger partial charge in [-0.3, -0.25) is 4.79 Å². The van der Waals surface area contributed by atoms with Crippen LogP contribution in [0.3, 0.4) is 0 Å². The van der Waals surface area contributed by atoms with Gasteiger partial charge >= 0.3 is 5.97 Å². The van der Waals surface area contributed by atoms with Crippen molar-refractivity contribution in [1.29, 1.82) is 0 Å². The first kappa shape index (κ1) is 14.8. The van der Waals surface area contributed by atoms with E-state index in [1.165, 1.54) is 0 Å². The first-order valence-corrected chi connectivity index (χ1v) is 6.74. The summed E-state index contributed by atoms with van der Waals surface area (Å²) in [6.45, 7) is 0.200. The van der Waals surface area contributed by atoms with E-state index in [9.17, 15) is 9.59 Å². The summed E-state index contributed by atoms with van der Waals surface area (Å²) < 4.78 is 5.25. The lowest BCUT2D eigenvalue weighted by molar-refractivity contribution is -0.148. The smallest absolute Gasteiger partial charge is 0.329 e. The molecular formula is C17H17NO3. The molecule has 21 heavy (non-hydrogen) atoms. The summed E-state index contributed by atoms with van der Waals surface area (Å²) >= 11 is 0. The van der Waals surface area contributed by atoms with Crippen LogP contribution in [-0.4, -0.2) is 18.4 Å². The van der Waals surface area contributed by atoms with Gasteiger partial charge in [0.25, 0.3) is 0 Å². The Morgan fingerprint density at radius 2 is 1.57 bits per heavy atom. The van der Waals surface area contributed by atoms with Crippen molar-refractivity contribution in [3.8, 4) is 0 Å². The van der Waals surface area contributed by atoms with Gasteiger partial charge in [-0.2, -0.15) is 0 Å². The van der Waals surface area contributed by atoms with Crippen molar-refractivity contribution in [2.24, 2.45) is 0 Å². The van der Waals surface area contributed by atoms with Gasteiger partial charge in [0.2, 0.25) is 6.41 Å². The number of hydrogen-bond acceptors (Lipinski definition) is 3. The predicted molar refractivity (Wildman–Crippen MR) is 79.4 cm³/mol. The SMILES string of the molecule is O=CNC(Cc1ccccc1)C(=O)OCc1ccccc1. The van der Waals surface area contributed by atoms with E-state index in [4.69, 9.17) is 4.74 Å². The molecule has 1 N–H and O–H groups in total. The number of amides is 1. The molecule has 0 heterocycles. The summed E-state index contributed by atoms with van der Waals surface area (Å²) in [4.78, 5) is 22.7. The first-order chi connectivity index (χ1) is 10.3. The molecule has 0 saturated heterocycles. The lowest BCUT2D eigenvalue weighted by Gasteiger charge is -2.15. The summed E-state index contributed by atoms with van der Waals surface area (Å²) in [7, 11) is 0. The van der Waals surface area contributed by atoms with E-state index in [0.29, 0.717) is 12.8 Å². The molecule has 1 unspecified atom stereocenters. The molecule has 4 heteroatoms. The Hall–Kier alpha value is -2.62. The van der Waals surface area contributed by atoms with Crippen LogP contribution in [0, 0.1) is 0 Å². The van der Waals surface area contributed by atoms with Crippen LogP contribution in [0.1, 0.15) is 11.1 Å². The van der Waals surface area contributed by atoms with Crippen molar-refractivity contribution in [2.75, 3.05) is 0 Å².